The number of methoxy groups -OCH3 is 1. The first-order valence-corrected chi connectivity index (χ1v) is 4.38. The van der Waals surface area contributed by atoms with Gasteiger partial charge in [0.1, 0.15) is 11.8 Å². The zero-order valence-corrected chi connectivity index (χ0v) is 8.61. The van der Waals surface area contributed by atoms with Gasteiger partial charge in [-0.25, -0.2) is 0 Å². The van der Waals surface area contributed by atoms with Crippen LogP contribution in [-0.4, -0.2) is 7.11 Å². The number of nitrogens with zero attached hydrogens (tertiary/aromatic N) is 2. The highest BCUT2D eigenvalue weighted by molar-refractivity contribution is 5.81. The molecule has 1 rings (SSSR count). The molecule has 0 spiro atoms. The van der Waals surface area contributed by atoms with Crippen molar-refractivity contribution < 1.29 is 4.74 Å². The van der Waals surface area contributed by atoms with Crippen LogP contribution >= 0.6 is 0 Å². The van der Waals surface area contributed by atoms with Crippen LogP contribution < -0.4 is 4.74 Å². The molecule has 0 aliphatic rings. The van der Waals surface area contributed by atoms with Gasteiger partial charge in [0, 0.05) is 5.57 Å². The second-order valence-corrected chi connectivity index (χ2v) is 2.96. The lowest BCUT2D eigenvalue weighted by Gasteiger charge is -2.03. The largest absolute Gasteiger partial charge is 0.497 e. The van der Waals surface area contributed by atoms with Gasteiger partial charge in [0.05, 0.1) is 18.8 Å². The van der Waals surface area contributed by atoms with Crippen molar-refractivity contribution in [2.24, 2.45) is 0 Å². The molecule has 1 aromatic carbocycles. The van der Waals surface area contributed by atoms with E-state index >= 15 is 0 Å². The molecule has 0 aliphatic heterocycles. The zero-order valence-electron chi connectivity index (χ0n) is 8.61. The molecule has 0 N–H and O–H groups in total. The minimum absolute atomic E-state index is 0.386. The quantitative estimate of drug-likeness (QED) is 0.686. The van der Waals surface area contributed by atoms with Crippen LogP contribution in [0.3, 0.4) is 0 Å². The summed E-state index contributed by atoms with van der Waals surface area (Å²) in [7, 11) is 1.56. The number of ether oxygens (including phenoxy) is 1. The average molecular weight is 198 g/mol. The molecule has 1 aromatic rings. The van der Waals surface area contributed by atoms with Gasteiger partial charge in [-0.05, 0) is 24.6 Å². The molecule has 74 valence electrons. The predicted molar refractivity (Wildman–Crippen MR) is 56.8 cm³/mol. The van der Waals surface area contributed by atoms with E-state index in [0.29, 0.717) is 22.5 Å². The van der Waals surface area contributed by atoms with Crippen molar-refractivity contribution in [2.75, 3.05) is 7.11 Å². The summed E-state index contributed by atoms with van der Waals surface area (Å²) < 4.78 is 5.05. The van der Waals surface area contributed by atoms with Crippen molar-refractivity contribution >= 4 is 5.57 Å². The first-order chi connectivity index (χ1) is 7.22. The Balaban J connectivity index is 3.28. The fourth-order valence-corrected chi connectivity index (χ4v) is 1.20. The third-order valence-electron chi connectivity index (χ3n) is 2.01. The van der Waals surface area contributed by atoms with E-state index in [1.807, 2.05) is 12.1 Å². The van der Waals surface area contributed by atoms with E-state index in [9.17, 15) is 0 Å². The summed E-state index contributed by atoms with van der Waals surface area (Å²) in [4.78, 5) is 0. The van der Waals surface area contributed by atoms with Crippen LogP contribution in [0, 0.1) is 22.7 Å². The maximum absolute atomic E-state index is 8.94. The molecule has 0 fully saturated rings. The molecule has 3 nitrogen and oxygen atoms in total. The highest BCUT2D eigenvalue weighted by Gasteiger charge is 2.05. The summed E-state index contributed by atoms with van der Waals surface area (Å²) in [6, 6.07) is 11.1. The maximum atomic E-state index is 8.94. The van der Waals surface area contributed by atoms with Gasteiger partial charge in [0.25, 0.3) is 0 Å². The Morgan fingerprint density at radius 2 is 2.00 bits per heavy atom. The van der Waals surface area contributed by atoms with Crippen LogP contribution in [0.2, 0.25) is 0 Å². The van der Waals surface area contributed by atoms with E-state index in [1.165, 1.54) is 0 Å². The van der Waals surface area contributed by atoms with Gasteiger partial charge < -0.3 is 4.74 Å². The zero-order chi connectivity index (χ0) is 11.3. The van der Waals surface area contributed by atoms with E-state index < -0.39 is 0 Å². The lowest BCUT2D eigenvalue weighted by Crippen LogP contribution is -1.88. The van der Waals surface area contributed by atoms with E-state index in [0.717, 1.165) is 0 Å². The molecule has 0 radical (unpaired) electrons. The Hall–Kier alpha value is -2.26. The number of rotatable bonds is 2. The SMILES string of the molecule is COc1cccc(/C(C#N)=C(\C)C#N)c1. The highest BCUT2D eigenvalue weighted by atomic mass is 16.5. The molecule has 0 saturated heterocycles. The lowest BCUT2D eigenvalue weighted by atomic mass is 10.0. The molecular weight excluding hydrogens is 188 g/mol. The number of hydrogen-bond acceptors (Lipinski definition) is 3. The summed E-state index contributed by atoms with van der Waals surface area (Å²) in [6.45, 7) is 1.62. The molecule has 0 bridgehead atoms. The van der Waals surface area contributed by atoms with Gasteiger partial charge in [-0.3, -0.25) is 0 Å². The number of allylic oxidation sites excluding steroid dienone is 2. The monoisotopic (exact) mass is 198 g/mol. The third kappa shape index (κ3) is 2.36. The lowest BCUT2D eigenvalue weighted by molar-refractivity contribution is 0.414. The molecule has 15 heavy (non-hydrogen) atoms. The molecule has 0 atom stereocenters. The van der Waals surface area contributed by atoms with Crippen LogP contribution in [0.5, 0.6) is 5.75 Å². The fourth-order valence-electron chi connectivity index (χ4n) is 1.20. The summed E-state index contributed by atoms with van der Waals surface area (Å²) >= 11 is 0. The maximum Gasteiger partial charge on any atom is 0.119 e. The Labute approximate surface area is 88.8 Å². The molecule has 0 aromatic heterocycles. The summed E-state index contributed by atoms with van der Waals surface area (Å²) in [5.74, 6) is 0.672. The summed E-state index contributed by atoms with van der Waals surface area (Å²) in [5.41, 5.74) is 1.50. The molecule has 0 saturated carbocycles. The van der Waals surface area contributed by atoms with Crippen molar-refractivity contribution in [3.05, 3.63) is 35.4 Å². The summed E-state index contributed by atoms with van der Waals surface area (Å²) in [6.07, 6.45) is 0. The standard InChI is InChI=1S/C12H10N2O/c1-9(7-13)12(8-14)10-4-3-5-11(6-10)15-2/h3-6H,1-2H3/b12-9+. The predicted octanol–water partition coefficient (Wildman–Crippen LogP) is 2.52. The van der Waals surface area contributed by atoms with E-state index in [-0.39, 0.29) is 0 Å². The number of benzene rings is 1. The van der Waals surface area contributed by atoms with Crippen molar-refractivity contribution in [3.63, 3.8) is 0 Å². The van der Waals surface area contributed by atoms with Crippen molar-refractivity contribution in [2.45, 2.75) is 6.92 Å². The van der Waals surface area contributed by atoms with Crippen molar-refractivity contribution in [3.8, 4) is 17.9 Å². The van der Waals surface area contributed by atoms with E-state index in [1.54, 1.807) is 38.3 Å². The highest BCUT2D eigenvalue weighted by Crippen LogP contribution is 2.21. The van der Waals surface area contributed by atoms with Gasteiger partial charge in [-0.1, -0.05) is 12.1 Å². The Morgan fingerprint density at radius 1 is 1.27 bits per heavy atom. The van der Waals surface area contributed by atoms with Crippen LogP contribution in [-0.2, 0) is 0 Å². The second kappa shape index (κ2) is 4.83. The van der Waals surface area contributed by atoms with Crippen LogP contribution in [0.15, 0.2) is 29.8 Å². The third-order valence-corrected chi connectivity index (χ3v) is 2.01. The van der Waals surface area contributed by atoms with Crippen LogP contribution in [0.4, 0.5) is 0 Å². The van der Waals surface area contributed by atoms with Gasteiger partial charge in [0.2, 0.25) is 0 Å². The van der Waals surface area contributed by atoms with Crippen LogP contribution in [0.25, 0.3) is 5.57 Å². The first kappa shape index (κ1) is 10.8. The Bertz CT molecular complexity index is 475. The molecule has 0 unspecified atom stereocenters. The smallest absolute Gasteiger partial charge is 0.119 e. The van der Waals surface area contributed by atoms with Crippen molar-refractivity contribution in [1.82, 2.24) is 0 Å². The van der Waals surface area contributed by atoms with E-state index in [2.05, 4.69) is 0 Å². The average Bonchev–Trinajstić information content (AvgIpc) is 2.30. The molecule has 3 heteroatoms. The minimum Gasteiger partial charge on any atom is -0.497 e. The minimum atomic E-state index is 0.386. The number of hydrogen-bond donors (Lipinski definition) is 0. The van der Waals surface area contributed by atoms with Gasteiger partial charge in [0.15, 0.2) is 0 Å². The van der Waals surface area contributed by atoms with Crippen molar-refractivity contribution in [1.29, 1.82) is 10.5 Å². The normalized spacial score (nSPS) is 10.9. The topological polar surface area (TPSA) is 56.8 Å². The second-order valence-electron chi connectivity index (χ2n) is 2.96. The number of nitriles is 2. The van der Waals surface area contributed by atoms with Crippen LogP contribution in [0.1, 0.15) is 12.5 Å². The van der Waals surface area contributed by atoms with Gasteiger partial charge in [-0.2, -0.15) is 10.5 Å². The van der Waals surface area contributed by atoms with E-state index in [4.69, 9.17) is 15.3 Å². The fraction of sp³-hybridized carbons (Fsp3) is 0.167. The molecule has 0 heterocycles. The Morgan fingerprint density at radius 3 is 2.53 bits per heavy atom. The van der Waals surface area contributed by atoms with Gasteiger partial charge >= 0.3 is 0 Å². The molecular formula is C12H10N2O. The first-order valence-electron chi connectivity index (χ1n) is 4.38. The molecule has 0 amide bonds. The summed E-state index contributed by atoms with van der Waals surface area (Å²) in [5, 5.41) is 17.7. The Kier molecular flexibility index (Phi) is 3.49. The van der Waals surface area contributed by atoms with Gasteiger partial charge in [-0.15, -0.1) is 0 Å². The molecule has 0 aliphatic carbocycles.